The van der Waals surface area contributed by atoms with Gasteiger partial charge in [0.05, 0.1) is 0 Å². The zero-order chi connectivity index (χ0) is 13.9. The topological polar surface area (TPSA) is 43.8 Å². The molecule has 0 saturated heterocycles. The third kappa shape index (κ3) is 3.63. The van der Waals surface area contributed by atoms with Gasteiger partial charge >= 0.3 is 5.51 Å². The van der Waals surface area contributed by atoms with E-state index in [-0.39, 0.29) is 24.1 Å². The van der Waals surface area contributed by atoms with E-state index in [4.69, 9.17) is 5.73 Å². The number of hydrogen-bond donors (Lipinski definition) is 1. The van der Waals surface area contributed by atoms with Crippen molar-refractivity contribution in [3.8, 4) is 0 Å². The van der Waals surface area contributed by atoms with Crippen LogP contribution in [0.1, 0.15) is 5.56 Å². The van der Waals surface area contributed by atoms with Crippen molar-refractivity contribution in [2.45, 2.75) is 18.5 Å². The summed E-state index contributed by atoms with van der Waals surface area (Å²) in [5.74, 6) is -0.0219. The van der Waals surface area contributed by atoms with E-state index < -0.39 is 5.51 Å². The number of halogens is 3. The van der Waals surface area contributed by atoms with E-state index in [9.17, 15) is 13.2 Å². The van der Waals surface area contributed by atoms with Gasteiger partial charge < -0.3 is 10.3 Å². The highest BCUT2D eigenvalue weighted by atomic mass is 32.2. The molecule has 0 aromatic carbocycles. The SMILES string of the molecule is NCCc1cn(CCSC(F)(F)F)c2ncccc12. The molecule has 7 heteroatoms. The van der Waals surface area contributed by atoms with Gasteiger partial charge in [-0.05, 0) is 42.4 Å². The number of hydrogen-bond acceptors (Lipinski definition) is 3. The second-order valence-electron chi connectivity index (χ2n) is 4.06. The molecule has 0 amide bonds. The van der Waals surface area contributed by atoms with Crippen LogP contribution in [0.5, 0.6) is 0 Å². The number of aromatic nitrogens is 2. The van der Waals surface area contributed by atoms with Crippen LogP contribution in [-0.2, 0) is 13.0 Å². The Kier molecular flexibility index (Phi) is 4.36. The van der Waals surface area contributed by atoms with Crippen molar-refractivity contribution in [3.05, 3.63) is 30.1 Å². The smallest absolute Gasteiger partial charge is 0.331 e. The standard InChI is InChI=1S/C12H14F3N3S/c13-12(14,15)19-7-6-18-8-9(3-4-16)10-2-1-5-17-11(10)18/h1-2,5,8H,3-4,6-7,16H2. The molecule has 0 fully saturated rings. The van der Waals surface area contributed by atoms with E-state index in [2.05, 4.69) is 4.98 Å². The fourth-order valence-corrected chi connectivity index (χ4v) is 2.50. The number of aryl methyl sites for hydroxylation is 1. The Morgan fingerprint density at radius 2 is 2.16 bits per heavy atom. The van der Waals surface area contributed by atoms with E-state index in [1.807, 2.05) is 18.3 Å². The van der Waals surface area contributed by atoms with Gasteiger partial charge in [0.1, 0.15) is 5.65 Å². The summed E-state index contributed by atoms with van der Waals surface area (Å²) in [5, 5.41) is 0.963. The number of rotatable bonds is 5. The number of pyridine rings is 1. The highest BCUT2D eigenvalue weighted by molar-refractivity contribution is 8.00. The molecule has 2 heterocycles. The number of thioether (sulfide) groups is 1. The van der Waals surface area contributed by atoms with Crippen LogP contribution >= 0.6 is 11.8 Å². The second-order valence-corrected chi connectivity index (χ2v) is 5.22. The van der Waals surface area contributed by atoms with Crippen LogP contribution in [0.15, 0.2) is 24.5 Å². The van der Waals surface area contributed by atoms with Crippen LogP contribution in [-0.4, -0.2) is 27.4 Å². The molecule has 2 aromatic heterocycles. The summed E-state index contributed by atoms with van der Waals surface area (Å²) >= 11 is -0.0137. The number of nitrogens with zero attached hydrogens (tertiary/aromatic N) is 2. The maximum Gasteiger partial charge on any atom is 0.441 e. The molecule has 0 unspecified atom stereocenters. The fourth-order valence-electron chi connectivity index (χ4n) is 1.98. The molecule has 0 radical (unpaired) electrons. The molecular formula is C12H14F3N3S. The molecule has 2 N–H and O–H groups in total. The Balaban J connectivity index is 2.18. The van der Waals surface area contributed by atoms with Crippen molar-refractivity contribution in [1.82, 2.24) is 9.55 Å². The minimum absolute atomic E-state index is 0.0137. The zero-order valence-electron chi connectivity index (χ0n) is 10.2. The Labute approximate surface area is 113 Å². The maximum absolute atomic E-state index is 12.1. The third-order valence-corrected chi connectivity index (χ3v) is 3.44. The summed E-state index contributed by atoms with van der Waals surface area (Å²) in [6.07, 6.45) is 4.19. The Bertz CT molecular complexity index is 551. The summed E-state index contributed by atoms with van der Waals surface area (Å²) < 4.78 is 38.1. The van der Waals surface area contributed by atoms with Gasteiger partial charge in [0.2, 0.25) is 0 Å². The van der Waals surface area contributed by atoms with E-state index in [0.717, 1.165) is 10.9 Å². The molecule has 19 heavy (non-hydrogen) atoms. The van der Waals surface area contributed by atoms with Crippen molar-refractivity contribution in [3.63, 3.8) is 0 Å². The summed E-state index contributed by atoms with van der Waals surface area (Å²) in [6.45, 7) is 0.785. The Hall–Kier alpha value is -1.21. The molecule has 0 aliphatic rings. The molecule has 0 atom stereocenters. The fraction of sp³-hybridized carbons (Fsp3) is 0.417. The predicted octanol–water partition coefficient (Wildman–Crippen LogP) is 2.79. The highest BCUT2D eigenvalue weighted by Crippen LogP contribution is 2.30. The zero-order valence-corrected chi connectivity index (χ0v) is 11.0. The molecular weight excluding hydrogens is 275 g/mol. The molecule has 3 nitrogen and oxygen atoms in total. The van der Waals surface area contributed by atoms with Crippen LogP contribution in [0.2, 0.25) is 0 Å². The first-order valence-corrected chi connectivity index (χ1v) is 6.83. The van der Waals surface area contributed by atoms with Crippen molar-refractivity contribution in [2.24, 2.45) is 5.73 Å². The average molecular weight is 289 g/mol. The van der Waals surface area contributed by atoms with Crippen molar-refractivity contribution < 1.29 is 13.2 Å². The summed E-state index contributed by atoms with van der Waals surface area (Å²) in [4.78, 5) is 4.23. The van der Waals surface area contributed by atoms with Gasteiger partial charge in [-0.1, -0.05) is 0 Å². The Morgan fingerprint density at radius 3 is 2.84 bits per heavy atom. The highest BCUT2D eigenvalue weighted by Gasteiger charge is 2.27. The lowest BCUT2D eigenvalue weighted by Crippen LogP contribution is -2.06. The first kappa shape index (κ1) is 14.2. The quantitative estimate of drug-likeness (QED) is 0.920. The van der Waals surface area contributed by atoms with E-state index >= 15 is 0 Å². The lowest BCUT2D eigenvalue weighted by molar-refractivity contribution is -0.0328. The van der Waals surface area contributed by atoms with Crippen molar-refractivity contribution in [1.29, 1.82) is 0 Å². The minimum atomic E-state index is -4.18. The number of nitrogens with two attached hydrogens (primary N) is 1. The predicted molar refractivity (Wildman–Crippen MR) is 71.0 cm³/mol. The van der Waals surface area contributed by atoms with Gasteiger partial charge in [-0.2, -0.15) is 13.2 Å². The van der Waals surface area contributed by atoms with Crippen LogP contribution in [0.4, 0.5) is 13.2 Å². The normalized spacial score (nSPS) is 12.2. The number of fused-ring (bicyclic) bond motifs is 1. The lowest BCUT2D eigenvalue weighted by atomic mass is 10.2. The van der Waals surface area contributed by atoms with Gasteiger partial charge in [-0.15, -0.1) is 0 Å². The first-order chi connectivity index (χ1) is 9.01. The molecule has 104 valence electrons. The second kappa shape index (κ2) is 5.83. The molecule has 2 rings (SSSR count). The first-order valence-electron chi connectivity index (χ1n) is 5.85. The monoisotopic (exact) mass is 289 g/mol. The molecule has 0 spiro atoms. The molecule has 0 bridgehead atoms. The average Bonchev–Trinajstić information content (AvgIpc) is 2.68. The van der Waals surface area contributed by atoms with Crippen LogP contribution in [0, 0.1) is 0 Å². The van der Waals surface area contributed by atoms with E-state index in [0.29, 0.717) is 18.6 Å². The Morgan fingerprint density at radius 1 is 1.37 bits per heavy atom. The molecule has 0 saturated carbocycles. The minimum Gasteiger partial charge on any atom is -0.331 e. The van der Waals surface area contributed by atoms with Crippen molar-refractivity contribution >= 4 is 22.8 Å². The van der Waals surface area contributed by atoms with Crippen molar-refractivity contribution in [2.75, 3.05) is 12.3 Å². The lowest BCUT2D eigenvalue weighted by Gasteiger charge is -2.06. The van der Waals surface area contributed by atoms with E-state index in [1.165, 1.54) is 0 Å². The summed E-state index contributed by atoms with van der Waals surface area (Å²) in [6, 6.07) is 3.73. The maximum atomic E-state index is 12.1. The largest absolute Gasteiger partial charge is 0.441 e. The van der Waals surface area contributed by atoms with Gasteiger partial charge in [0, 0.05) is 30.1 Å². The molecule has 2 aromatic rings. The third-order valence-electron chi connectivity index (χ3n) is 2.73. The summed E-state index contributed by atoms with van der Waals surface area (Å²) in [7, 11) is 0. The van der Waals surface area contributed by atoms with E-state index in [1.54, 1.807) is 10.8 Å². The van der Waals surface area contributed by atoms with Gasteiger partial charge in [0.25, 0.3) is 0 Å². The molecule has 0 aliphatic carbocycles. The number of alkyl halides is 3. The molecule has 0 aliphatic heterocycles. The van der Waals surface area contributed by atoms with Crippen LogP contribution in [0.25, 0.3) is 11.0 Å². The van der Waals surface area contributed by atoms with Gasteiger partial charge in [-0.25, -0.2) is 4.98 Å². The van der Waals surface area contributed by atoms with Gasteiger partial charge in [-0.3, -0.25) is 0 Å². The van der Waals surface area contributed by atoms with Crippen LogP contribution < -0.4 is 5.73 Å². The van der Waals surface area contributed by atoms with Gasteiger partial charge in [0.15, 0.2) is 0 Å². The summed E-state index contributed by atoms with van der Waals surface area (Å²) in [5.41, 5.74) is 3.10. The van der Waals surface area contributed by atoms with Crippen LogP contribution in [0.3, 0.4) is 0 Å².